The Morgan fingerprint density at radius 1 is 1.25 bits per heavy atom. The van der Waals surface area contributed by atoms with Crippen LogP contribution in [0.4, 0.5) is 10.1 Å². The van der Waals surface area contributed by atoms with Gasteiger partial charge >= 0.3 is 0 Å². The Morgan fingerprint density at radius 3 is 2.81 bits per heavy atom. The highest BCUT2D eigenvalue weighted by atomic mass is 19.1. The number of aliphatic hydroxyl groups is 2. The van der Waals surface area contributed by atoms with Crippen LogP contribution in [0.1, 0.15) is 42.4 Å². The molecule has 1 saturated carbocycles. The number of carbonyl (C=O) groups is 1. The van der Waals surface area contributed by atoms with Crippen LogP contribution in [0.25, 0.3) is 0 Å². The van der Waals surface area contributed by atoms with Crippen LogP contribution < -0.4 is 10.1 Å². The lowest BCUT2D eigenvalue weighted by Crippen LogP contribution is -2.75. The molecule has 0 aromatic heterocycles. The summed E-state index contributed by atoms with van der Waals surface area (Å²) < 4.78 is 20.3. The van der Waals surface area contributed by atoms with Gasteiger partial charge in [-0.1, -0.05) is 12.1 Å². The minimum atomic E-state index is -1.38. The van der Waals surface area contributed by atoms with E-state index < -0.39 is 28.8 Å². The van der Waals surface area contributed by atoms with Crippen molar-refractivity contribution in [2.24, 2.45) is 5.92 Å². The summed E-state index contributed by atoms with van der Waals surface area (Å²) in [5, 5.41) is 37.4. The molecule has 1 amide bonds. The summed E-state index contributed by atoms with van der Waals surface area (Å²) in [7, 11) is 0. The third kappa shape index (κ3) is 2.77. The molecule has 2 aliphatic heterocycles. The van der Waals surface area contributed by atoms with Crippen LogP contribution in [0.2, 0.25) is 0 Å². The summed E-state index contributed by atoms with van der Waals surface area (Å²) in [6.45, 7) is 3.28. The van der Waals surface area contributed by atoms with Crippen molar-refractivity contribution in [1.29, 1.82) is 0 Å². The number of aryl methyl sites for hydroxylation is 1. The molecule has 0 radical (unpaired) electrons. The van der Waals surface area contributed by atoms with Crippen LogP contribution in [0.3, 0.4) is 0 Å². The quantitative estimate of drug-likeness (QED) is 0.522. The second kappa shape index (κ2) is 7.23. The first-order valence-corrected chi connectivity index (χ1v) is 12.7. The molecule has 7 rings (SSSR count). The van der Waals surface area contributed by atoms with E-state index in [2.05, 4.69) is 10.2 Å². The number of nitrogens with zero attached hydrogens (tertiary/aromatic N) is 1. The largest absolute Gasteiger partial charge is 0.508 e. The highest BCUT2D eigenvalue weighted by Gasteiger charge is 2.73. The molecule has 188 valence electrons. The lowest BCUT2D eigenvalue weighted by Gasteiger charge is -2.62. The van der Waals surface area contributed by atoms with E-state index in [0.29, 0.717) is 30.1 Å². The minimum Gasteiger partial charge on any atom is -0.508 e. The van der Waals surface area contributed by atoms with Crippen LogP contribution >= 0.6 is 0 Å². The Bertz CT molecular complexity index is 1350. The van der Waals surface area contributed by atoms with Gasteiger partial charge in [0.15, 0.2) is 17.6 Å². The molecule has 3 aliphatic carbocycles. The summed E-state index contributed by atoms with van der Waals surface area (Å²) in [6, 6.07) is 7.66. The number of phenolic OH excluding ortho intramolecular Hbond substituents is 1. The van der Waals surface area contributed by atoms with E-state index in [1.807, 2.05) is 6.07 Å². The molecule has 2 fully saturated rings. The molecule has 36 heavy (non-hydrogen) atoms. The zero-order valence-corrected chi connectivity index (χ0v) is 20.1. The molecule has 4 atom stereocenters. The maximum absolute atomic E-state index is 14.1. The van der Waals surface area contributed by atoms with E-state index in [1.165, 1.54) is 18.9 Å². The Kier molecular flexibility index (Phi) is 4.44. The highest BCUT2D eigenvalue weighted by Crippen LogP contribution is 2.66. The van der Waals surface area contributed by atoms with Crippen LogP contribution in [0.15, 0.2) is 41.7 Å². The fourth-order valence-electron chi connectivity index (χ4n) is 7.25. The summed E-state index contributed by atoms with van der Waals surface area (Å²) in [6.07, 6.45) is 2.45. The van der Waals surface area contributed by atoms with Gasteiger partial charge in [-0.3, -0.25) is 9.69 Å². The third-order valence-electron chi connectivity index (χ3n) is 9.22. The monoisotopic (exact) mass is 492 g/mol. The maximum Gasteiger partial charge on any atom is 0.255 e. The standard InChI is InChI=1S/C28H29FN2O5/c1-14-2-6-17(11-19(14)29)30-26(34)18-12-28(35)21-10-16-5-7-20(32)24-22(16)27(28,25(36-24)23(18)33)8-9-31(21)13-15-3-4-15/h2,5-7,11,15,21,25,32-33,35H,3-4,8-10,12-13H2,1H3,(H,30,34)/t21-,25+,27+,28-/m1/s1. The number of nitrogens with one attached hydrogen (secondary N) is 1. The first kappa shape index (κ1) is 22.1. The van der Waals surface area contributed by atoms with Crippen molar-refractivity contribution in [3.05, 3.63) is 64.2 Å². The molecule has 0 unspecified atom stereocenters. The van der Waals surface area contributed by atoms with Crippen molar-refractivity contribution in [3.8, 4) is 11.5 Å². The Hall–Kier alpha value is -3.10. The number of likely N-dealkylation sites (tertiary alicyclic amines) is 1. The van der Waals surface area contributed by atoms with Gasteiger partial charge in [-0.25, -0.2) is 4.39 Å². The van der Waals surface area contributed by atoms with Gasteiger partial charge in [0.1, 0.15) is 11.6 Å². The molecule has 2 bridgehead atoms. The number of hydrogen-bond donors (Lipinski definition) is 4. The highest BCUT2D eigenvalue weighted by molar-refractivity contribution is 6.04. The number of benzene rings is 2. The van der Waals surface area contributed by atoms with Crippen molar-refractivity contribution < 1.29 is 29.2 Å². The van der Waals surface area contributed by atoms with E-state index in [-0.39, 0.29) is 35.2 Å². The Balaban J connectivity index is 1.34. The Labute approximate surface area is 208 Å². The van der Waals surface area contributed by atoms with Gasteiger partial charge < -0.3 is 25.4 Å². The van der Waals surface area contributed by atoms with E-state index in [4.69, 9.17) is 4.74 Å². The van der Waals surface area contributed by atoms with Crippen molar-refractivity contribution in [1.82, 2.24) is 4.90 Å². The van der Waals surface area contributed by atoms with Crippen molar-refractivity contribution in [3.63, 3.8) is 0 Å². The Morgan fingerprint density at radius 2 is 2.06 bits per heavy atom. The number of piperidine rings is 1. The molecule has 7 nitrogen and oxygen atoms in total. The number of amides is 1. The van der Waals surface area contributed by atoms with Gasteiger partial charge in [0.2, 0.25) is 0 Å². The molecule has 1 saturated heterocycles. The number of aromatic hydroxyl groups is 1. The van der Waals surface area contributed by atoms with Gasteiger partial charge in [-0.05, 0) is 74.4 Å². The molecule has 2 aromatic carbocycles. The molecule has 8 heteroatoms. The minimum absolute atomic E-state index is 0.0346. The maximum atomic E-state index is 14.1. The summed E-state index contributed by atoms with van der Waals surface area (Å²) in [4.78, 5) is 15.8. The zero-order valence-electron chi connectivity index (χ0n) is 20.1. The molecule has 2 heterocycles. The number of ether oxygens (including phenoxy) is 1. The average Bonchev–Trinajstić information content (AvgIpc) is 3.58. The lowest BCUT2D eigenvalue weighted by atomic mass is 9.49. The number of rotatable bonds is 4. The number of hydrogen-bond acceptors (Lipinski definition) is 6. The fourth-order valence-corrected chi connectivity index (χ4v) is 7.25. The van der Waals surface area contributed by atoms with Gasteiger partial charge in [0.25, 0.3) is 5.91 Å². The second-order valence-electron chi connectivity index (χ2n) is 11.2. The van der Waals surface area contributed by atoms with Crippen LogP contribution in [0, 0.1) is 18.7 Å². The first-order chi connectivity index (χ1) is 17.2. The van der Waals surface area contributed by atoms with E-state index in [9.17, 15) is 24.5 Å². The van der Waals surface area contributed by atoms with Crippen LogP contribution in [0.5, 0.6) is 11.5 Å². The predicted octanol–water partition coefficient (Wildman–Crippen LogP) is 3.46. The summed E-state index contributed by atoms with van der Waals surface area (Å²) in [5.74, 6) is -0.390. The van der Waals surface area contributed by atoms with Gasteiger partial charge in [0.05, 0.1) is 16.6 Å². The van der Waals surface area contributed by atoms with Gasteiger partial charge in [-0.15, -0.1) is 0 Å². The first-order valence-electron chi connectivity index (χ1n) is 12.7. The topological polar surface area (TPSA) is 102 Å². The number of carbonyl (C=O) groups excluding carboxylic acids is 1. The average molecular weight is 493 g/mol. The normalized spacial score (nSPS) is 32.2. The fraction of sp³-hybridized carbons (Fsp3) is 0.464. The van der Waals surface area contributed by atoms with Crippen LogP contribution in [-0.2, 0) is 16.6 Å². The van der Waals surface area contributed by atoms with Crippen molar-refractivity contribution in [2.75, 3.05) is 18.4 Å². The molecule has 4 N–H and O–H groups in total. The van der Waals surface area contributed by atoms with Gasteiger partial charge in [-0.2, -0.15) is 0 Å². The molecular formula is C28H29FN2O5. The summed E-state index contributed by atoms with van der Waals surface area (Å²) in [5.41, 5.74) is 0.207. The number of aliphatic hydroxyl groups excluding tert-OH is 1. The molecule has 5 aliphatic rings. The second-order valence-corrected chi connectivity index (χ2v) is 11.2. The van der Waals surface area contributed by atoms with Gasteiger partial charge in [0, 0.05) is 30.3 Å². The molecular weight excluding hydrogens is 463 g/mol. The summed E-state index contributed by atoms with van der Waals surface area (Å²) >= 11 is 0. The number of anilines is 1. The van der Waals surface area contributed by atoms with Crippen molar-refractivity contribution in [2.45, 2.75) is 62.2 Å². The lowest BCUT2D eigenvalue weighted by molar-refractivity contribution is -0.172. The predicted molar refractivity (Wildman–Crippen MR) is 130 cm³/mol. The van der Waals surface area contributed by atoms with Crippen LogP contribution in [-0.4, -0.2) is 57.0 Å². The number of halogens is 1. The SMILES string of the molecule is Cc1ccc(NC(=O)C2=C(O)[C@@H]3Oc4c(O)ccc5c4[C@@]34CCN(CC3CC3)[C@H](C5)[C@]4(O)C2)cc1F. The van der Waals surface area contributed by atoms with Crippen molar-refractivity contribution >= 4 is 11.6 Å². The third-order valence-corrected chi connectivity index (χ3v) is 9.22. The number of phenols is 1. The van der Waals surface area contributed by atoms with E-state index in [0.717, 1.165) is 24.2 Å². The molecule has 1 spiro atoms. The molecule has 2 aromatic rings. The smallest absolute Gasteiger partial charge is 0.255 e. The van der Waals surface area contributed by atoms with E-state index >= 15 is 0 Å². The zero-order chi connectivity index (χ0) is 25.0. The van der Waals surface area contributed by atoms with E-state index in [1.54, 1.807) is 25.1 Å².